The van der Waals surface area contributed by atoms with Crippen LogP contribution in [0.5, 0.6) is 11.5 Å². The molecule has 0 N–H and O–H groups in total. The van der Waals surface area contributed by atoms with E-state index in [-0.39, 0.29) is 18.6 Å². The number of hydrogen-bond acceptors (Lipinski definition) is 4. The van der Waals surface area contributed by atoms with Crippen molar-refractivity contribution in [3.8, 4) is 11.5 Å². The highest BCUT2D eigenvalue weighted by atomic mass is 16.7. The molecule has 3 heterocycles. The van der Waals surface area contributed by atoms with E-state index in [1.807, 2.05) is 53.3 Å². The number of carbonyl (C=O) groups is 1. The number of fused-ring (bicyclic) bond motifs is 2. The third-order valence-electron chi connectivity index (χ3n) is 5.47. The van der Waals surface area contributed by atoms with Gasteiger partial charge in [0.1, 0.15) is 0 Å². The normalized spacial score (nSPS) is 17.5. The van der Waals surface area contributed by atoms with Crippen molar-refractivity contribution < 1.29 is 14.3 Å². The van der Waals surface area contributed by atoms with Gasteiger partial charge in [0.05, 0.1) is 12.6 Å². The highest BCUT2D eigenvalue weighted by molar-refractivity contribution is 5.79. The number of carbonyl (C=O) groups excluding carboxylic acids is 1. The number of amides is 1. The fourth-order valence-electron chi connectivity index (χ4n) is 4.04. The van der Waals surface area contributed by atoms with Gasteiger partial charge in [-0.05, 0) is 34.4 Å². The van der Waals surface area contributed by atoms with E-state index >= 15 is 0 Å². The van der Waals surface area contributed by atoms with Crippen molar-refractivity contribution in [3.05, 3.63) is 77.1 Å². The smallest absolute Gasteiger partial charge is 0.231 e. The van der Waals surface area contributed by atoms with Gasteiger partial charge in [0, 0.05) is 32.3 Å². The zero-order valence-electron chi connectivity index (χ0n) is 15.7. The molecule has 0 fully saturated rings. The molecule has 0 saturated carbocycles. The SMILES string of the molecule is Cn1cc(C2CN(C(=O)Cc3ccc4c(c3)OCO4)Cc3ccccc32)cn1. The first-order chi connectivity index (χ1) is 13.7. The number of aryl methyl sites for hydroxylation is 1. The average molecular weight is 375 g/mol. The molecular weight excluding hydrogens is 354 g/mol. The van der Waals surface area contributed by atoms with Crippen molar-refractivity contribution in [2.75, 3.05) is 13.3 Å². The van der Waals surface area contributed by atoms with Gasteiger partial charge in [0.15, 0.2) is 11.5 Å². The Hall–Kier alpha value is -3.28. The fourth-order valence-corrected chi connectivity index (χ4v) is 4.04. The Morgan fingerprint density at radius 3 is 2.89 bits per heavy atom. The maximum Gasteiger partial charge on any atom is 0.231 e. The van der Waals surface area contributed by atoms with E-state index in [1.54, 1.807) is 0 Å². The Bertz CT molecular complexity index is 1040. The van der Waals surface area contributed by atoms with E-state index in [0.29, 0.717) is 25.3 Å². The molecule has 1 amide bonds. The van der Waals surface area contributed by atoms with E-state index in [4.69, 9.17) is 9.47 Å². The van der Waals surface area contributed by atoms with Crippen LogP contribution in [0.4, 0.5) is 0 Å². The topological polar surface area (TPSA) is 56.6 Å². The molecule has 0 saturated heterocycles. The van der Waals surface area contributed by atoms with Gasteiger partial charge in [-0.25, -0.2) is 0 Å². The number of aromatic nitrogens is 2. The Labute approximate surface area is 163 Å². The number of benzene rings is 2. The quantitative estimate of drug-likeness (QED) is 0.706. The van der Waals surface area contributed by atoms with Crippen molar-refractivity contribution in [2.45, 2.75) is 18.9 Å². The third kappa shape index (κ3) is 3.01. The molecule has 0 spiro atoms. The maximum absolute atomic E-state index is 13.1. The Morgan fingerprint density at radius 2 is 2.04 bits per heavy atom. The second-order valence-corrected chi connectivity index (χ2v) is 7.34. The number of hydrogen-bond donors (Lipinski definition) is 0. The summed E-state index contributed by atoms with van der Waals surface area (Å²) in [4.78, 5) is 15.0. The second-order valence-electron chi connectivity index (χ2n) is 7.34. The summed E-state index contributed by atoms with van der Waals surface area (Å²) in [5, 5.41) is 4.32. The number of rotatable bonds is 3. The van der Waals surface area contributed by atoms with Crippen LogP contribution in [0.3, 0.4) is 0 Å². The van der Waals surface area contributed by atoms with Crippen molar-refractivity contribution in [3.63, 3.8) is 0 Å². The lowest BCUT2D eigenvalue weighted by molar-refractivity contribution is -0.131. The molecule has 6 heteroatoms. The summed E-state index contributed by atoms with van der Waals surface area (Å²) in [5.74, 6) is 1.70. The molecule has 3 aromatic rings. The third-order valence-corrected chi connectivity index (χ3v) is 5.47. The predicted molar refractivity (Wildman–Crippen MR) is 103 cm³/mol. The van der Waals surface area contributed by atoms with Crippen LogP contribution in [-0.4, -0.2) is 33.9 Å². The van der Waals surface area contributed by atoms with Crippen LogP contribution in [0, 0.1) is 0 Å². The van der Waals surface area contributed by atoms with Crippen LogP contribution in [0.25, 0.3) is 0 Å². The molecule has 0 radical (unpaired) electrons. The first-order valence-electron chi connectivity index (χ1n) is 9.40. The van der Waals surface area contributed by atoms with Crippen LogP contribution >= 0.6 is 0 Å². The number of ether oxygens (including phenoxy) is 2. The molecule has 1 atom stereocenters. The highest BCUT2D eigenvalue weighted by Crippen LogP contribution is 2.35. The summed E-state index contributed by atoms with van der Waals surface area (Å²) in [5.41, 5.74) is 4.55. The van der Waals surface area contributed by atoms with Crippen LogP contribution in [0.2, 0.25) is 0 Å². The molecule has 2 aliphatic rings. The molecule has 1 aromatic heterocycles. The highest BCUT2D eigenvalue weighted by Gasteiger charge is 2.30. The predicted octanol–water partition coefficient (Wildman–Crippen LogP) is 2.87. The lowest BCUT2D eigenvalue weighted by Crippen LogP contribution is -2.39. The van der Waals surface area contributed by atoms with Gasteiger partial charge < -0.3 is 14.4 Å². The molecule has 28 heavy (non-hydrogen) atoms. The monoisotopic (exact) mass is 375 g/mol. The van der Waals surface area contributed by atoms with Crippen molar-refractivity contribution in [1.82, 2.24) is 14.7 Å². The first-order valence-corrected chi connectivity index (χ1v) is 9.40. The van der Waals surface area contributed by atoms with Gasteiger partial charge in [-0.15, -0.1) is 0 Å². The van der Waals surface area contributed by atoms with Gasteiger partial charge in [-0.3, -0.25) is 9.48 Å². The molecule has 1 unspecified atom stereocenters. The largest absolute Gasteiger partial charge is 0.454 e. The van der Waals surface area contributed by atoms with E-state index < -0.39 is 0 Å². The zero-order valence-corrected chi connectivity index (χ0v) is 15.7. The van der Waals surface area contributed by atoms with Crippen LogP contribution in [0.1, 0.15) is 28.2 Å². The number of nitrogens with zero attached hydrogens (tertiary/aromatic N) is 3. The molecule has 0 aliphatic carbocycles. The second kappa shape index (κ2) is 6.71. The summed E-state index contributed by atoms with van der Waals surface area (Å²) in [6.07, 6.45) is 4.28. The van der Waals surface area contributed by atoms with Crippen molar-refractivity contribution >= 4 is 5.91 Å². The minimum Gasteiger partial charge on any atom is -0.454 e. The summed E-state index contributed by atoms with van der Waals surface area (Å²) < 4.78 is 12.6. The molecule has 142 valence electrons. The van der Waals surface area contributed by atoms with Gasteiger partial charge in [0.2, 0.25) is 12.7 Å². The van der Waals surface area contributed by atoms with Gasteiger partial charge >= 0.3 is 0 Å². The standard InChI is InChI=1S/C22H21N3O3/c1-24-11-17(10-23-24)19-13-25(12-16-4-2-3-5-18(16)19)22(26)9-15-6-7-20-21(8-15)28-14-27-20/h2-8,10-11,19H,9,12-14H2,1H3. The van der Waals surface area contributed by atoms with Crippen LogP contribution in [-0.2, 0) is 24.8 Å². The lowest BCUT2D eigenvalue weighted by atomic mass is 9.86. The van der Waals surface area contributed by atoms with Crippen LogP contribution < -0.4 is 9.47 Å². The lowest BCUT2D eigenvalue weighted by Gasteiger charge is -2.34. The van der Waals surface area contributed by atoms with Gasteiger partial charge in [-0.2, -0.15) is 5.10 Å². The molecule has 2 aromatic carbocycles. The fraction of sp³-hybridized carbons (Fsp3) is 0.273. The van der Waals surface area contributed by atoms with Crippen LogP contribution in [0.15, 0.2) is 54.9 Å². The van der Waals surface area contributed by atoms with Crippen molar-refractivity contribution in [1.29, 1.82) is 0 Å². The van der Waals surface area contributed by atoms with Gasteiger partial charge in [-0.1, -0.05) is 30.3 Å². The minimum atomic E-state index is 0.113. The van der Waals surface area contributed by atoms with Crippen molar-refractivity contribution in [2.24, 2.45) is 7.05 Å². The average Bonchev–Trinajstić information content (AvgIpc) is 3.35. The molecular formula is C22H21N3O3. The zero-order chi connectivity index (χ0) is 19.1. The molecule has 6 nitrogen and oxygen atoms in total. The summed E-state index contributed by atoms with van der Waals surface area (Å²) in [6, 6.07) is 14.1. The van der Waals surface area contributed by atoms with E-state index in [0.717, 1.165) is 16.9 Å². The Morgan fingerprint density at radius 1 is 1.18 bits per heavy atom. The molecule has 2 aliphatic heterocycles. The molecule has 0 bridgehead atoms. The summed E-state index contributed by atoms with van der Waals surface area (Å²) in [6.45, 7) is 1.53. The maximum atomic E-state index is 13.1. The van der Waals surface area contributed by atoms with Gasteiger partial charge in [0.25, 0.3) is 0 Å². The Balaban J connectivity index is 1.40. The van der Waals surface area contributed by atoms with E-state index in [9.17, 15) is 4.79 Å². The first kappa shape index (κ1) is 16.9. The summed E-state index contributed by atoms with van der Waals surface area (Å²) in [7, 11) is 1.92. The van der Waals surface area contributed by atoms with E-state index in [2.05, 4.69) is 23.3 Å². The minimum absolute atomic E-state index is 0.113. The summed E-state index contributed by atoms with van der Waals surface area (Å²) >= 11 is 0. The van der Waals surface area contributed by atoms with E-state index in [1.165, 1.54) is 11.1 Å². The molecule has 5 rings (SSSR count). The Kier molecular flexibility index (Phi) is 4.04.